The molecule has 2 rings (SSSR count). The Morgan fingerprint density at radius 2 is 2.29 bits per heavy atom. The summed E-state index contributed by atoms with van der Waals surface area (Å²) in [6, 6.07) is 9.50. The quantitative estimate of drug-likeness (QED) is 0.829. The average molecular weight is 229 g/mol. The molecule has 0 bridgehead atoms. The van der Waals surface area contributed by atoms with Crippen molar-refractivity contribution >= 4 is 11.6 Å². The molecular weight excluding hydrogens is 214 g/mol. The molecule has 4 heteroatoms. The summed E-state index contributed by atoms with van der Waals surface area (Å²) in [5.74, 6) is -0.0393. The van der Waals surface area contributed by atoms with E-state index in [0.29, 0.717) is 6.42 Å². The maximum Gasteiger partial charge on any atom is 0.246 e. The zero-order valence-electron chi connectivity index (χ0n) is 9.73. The Morgan fingerprint density at radius 3 is 3.00 bits per heavy atom. The van der Waals surface area contributed by atoms with Crippen LogP contribution in [0, 0.1) is 11.3 Å². The van der Waals surface area contributed by atoms with E-state index in [1.165, 1.54) is 0 Å². The van der Waals surface area contributed by atoms with Crippen LogP contribution in [0.25, 0.3) is 0 Å². The molecule has 0 saturated heterocycles. The molecule has 2 atom stereocenters. The summed E-state index contributed by atoms with van der Waals surface area (Å²) in [6.45, 7) is 2.01. The van der Waals surface area contributed by atoms with Gasteiger partial charge in [-0.05, 0) is 12.5 Å². The molecule has 2 N–H and O–H groups in total. The minimum atomic E-state index is -0.329. The summed E-state index contributed by atoms with van der Waals surface area (Å²) in [6.07, 6.45) is 1.25. The Morgan fingerprint density at radius 1 is 1.53 bits per heavy atom. The van der Waals surface area contributed by atoms with Crippen LogP contribution >= 0.6 is 0 Å². The number of nitrogens with one attached hydrogen (secondary N) is 2. The number of nitrogens with zero attached hydrogens (tertiary/aromatic N) is 1. The van der Waals surface area contributed by atoms with Crippen LogP contribution in [0.3, 0.4) is 0 Å². The van der Waals surface area contributed by atoms with Crippen molar-refractivity contribution in [1.82, 2.24) is 5.32 Å². The van der Waals surface area contributed by atoms with Crippen molar-refractivity contribution in [3.8, 4) is 6.07 Å². The number of rotatable bonds is 4. The molecule has 1 amide bonds. The number of carbonyl (C=O) groups is 1. The van der Waals surface area contributed by atoms with Gasteiger partial charge in [0.2, 0.25) is 5.91 Å². The largest absolute Gasteiger partial charge is 0.324 e. The molecule has 88 valence electrons. The second-order valence-corrected chi connectivity index (χ2v) is 4.14. The van der Waals surface area contributed by atoms with Crippen molar-refractivity contribution in [2.45, 2.75) is 31.8 Å². The van der Waals surface area contributed by atoms with Crippen LogP contribution in [0.15, 0.2) is 24.3 Å². The number of hydrogen-bond acceptors (Lipinski definition) is 3. The molecule has 0 spiro atoms. The molecule has 1 aliphatic heterocycles. The normalized spacial score (nSPS) is 19.3. The molecule has 1 aromatic carbocycles. The van der Waals surface area contributed by atoms with Gasteiger partial charge in [-0.15, -0.1) is 0 Å². The van der Waals surface area contributed by atoms with Gasteiger partial charge in [-0.25, -0.2) is 0 Å². The first kappa shape index (κ1) is 11.6. The van der Waals surface area contributed by atoms with E-state index < -0.39 is 0 Å². The van der Waals surface area contributed by atoms with Gasteiger partial charge in [-0.1, -0.05) is 25.1 Å². The lowest BCUT2D eigenvalue weighted by Gasteiger charge is -2.18. The molecule has 1 aliphatic rings. The number of fused-ring (bicyclic) bond motifs is 1. The number of para-hydroxylation sites is 1. The van der Waals surface area contributed by atoms with E-state index in [2.05, 4.69) is 16.7 Å². The molecule has 17 heavy (non-hydrogen) atoms. The van der Waals surface area contributed by atoms with Gasteiger partial charge >= 0.3 is 0 Å². The molecule has 0 radical (unpaired) electrons. The van der Waals surface area contributed by atoms with Crippen molar-refractivity contribution in [3.63, 3.8) is 0 Å². The standard InChI is InChI=1S/C13H15N3O/c1-2-9(7-8-14)15-12-10-5-3-4-6-11(10)16-13(12)17/h3-6,9,12,15H,2,7H2,1H3,(H,16,17). The summed E-state index contributed by atoms with van der Waals surface area (Å²) in [4.78, 5) is 11.8. The highest BCUT2D eigenvalue weighted by molar-refractivity contribution is 6.02. The van der Waals surface area contributed by atoms with Crippen LogP contribution in [0.1, 0.15) is 31.4 Å². The zero-order chi connectivity index (χ0) is 12.3. The van der Waals surface area contributed by atoms with Crippen molar-refractivity contribution in [3.05, 3.63) is 29.8 Å². The first-order chi connectivity index (χ1) is 8.26. The van der Waals surface area contributed by atoms with Crippen molar-refractivity contribution < 1.29 is 4.79 Å². The molecule has 4 nitrogen and oxygen atoms in total. The van der Waals surface area contributed by atoms with E-state index in [4.69, 9.17) is 5.26 Å². The lowest BCUT2D eigenvalue weighted by molar-refractivity contribution is -0.117. The summed E-state index contributed by atoms with van der Waals surface area (Å²) in [5.41, 5.74) is 1.83. The second kappa shape index (κ2) is 4.98. The fraction of sp³-hybridized carbons (Fsp3) is 0.385. The van der Waals surface area contributed by atoms with E-state index in [9.17, 15) is 4.79 Å². The highest BCUT2D eigenvalue weighted by atomic mass is 16.2. The smallest absolute Gasteiger partial charge is 0.246 e. The lowest BCUT2D eigenvalue weighted by Crippen LogP contribution is -2.35. The van der Waals surface area contributed by atoms with Crippen LogP contribution in [-0.2, 0) is 4.79 Å². The Hall–Kier alpha value is -1.86. The minimum absolute atomic E-state index is 0.0393. The monoisotopic (exact) mass is 229 g/mol. The molecule has 0 aliphatic carbocycles. The molecule has 1 heterocycles. The first-order valence-corrected chi connectivity index (χ1v) is 5.79. The molecule has 0 fully saturated rings. The number of hydrogen-bond donors (Lipinski definition) is 2. The summed E-state index contributed by atoms with van der Waals surface area (Å²) in [5, 5.41) is 14.8. The van der Waals surface area contributed by atoms with Crippen LogP contribution in [0.5, 0.6) is 0 Å². The van der Waals surface area contributed by atoms with Gasteiger partial charge in [-0.2, -0.15) is 5.26 Å². The third-order valence-electron chi connectivity index (χ3n) is 3.02. The molecule has 0 saturated carbocycles. The van der Waals surface area contributed by atoms with Gasteiger partial charge in [0.25, 0.3) is 0 Å². The fourth-order valence-corrected chi connectivity index (χ4v) is 2.04. The SMILES string of the molecule is CCC(CC#N)NC1C(=O)Nc2ccccc21. The van der Waals surface area contributed by atoms with Gasteiger partial charge in [-0.3, -0.25) is 10.1 Å². The van der Waals surface area contributed by atoms with Crippen LogP contribution < -0.4 is 10.6 Å². The predicted octanol–water partition coefficient (Wildman–Crippen LogP) is 1.96. The number of amides is 1. The molecule has 1 aromatic rings. The van der Waals surface area contributed by atoms with E-state index in [1.54, 1.807) is 0 Å². The maximum absolute atomic E-state index is 11.8. The third kappa shape index (κ3) is 2.29. The van der Waals surface area contributed by atoms with Gasteiger partial charge < -0.3 is 5.32 Å². The van der Waals surface area contributed by atoms with Crippen molar-refractivity contribution in [1.29, 1.82) is 5.26 Å². The van der Waals surface area contributed by atoms with E-state index in [1.807, 2.05) is 31.2 Å². The molecular formula is C13H15N3O. The lowest BCUT2D eigenvalue weighted by atomic mass is 10.1. The van der Waals surface area contributed by atoms with E-state index >= 15 is 0 Å². The van der Waals surface area contributed by atoms with Gasteiger partial charge in [0, 0.05) is 17.3 Å². The van der Waals surface area contributed by atoms with E-state index in [-0.39, 0.29) is 18.0 Å². The topological polar surface area (TPSA) is 64.9 Å². The van der Waals surface area contributed by atoms with Gasteiger partial charge in [0.05, 0.1) is 12.5 Å². The Kier molecular flexibility index (Phi) is 3.40. The summed E-state index contributed by atoms with van der Waals surface area (Å²) in [7, 11) is 0. The van der Waals surface area contributed by atoms with Gasteiger partial charge in [0.15, 0.2) is 0 Å². The number of nitriles is 1. The molecule has 2 unspecified atom stereocenters. The van der Waals surface area contributed by atoms with Crippen molar-refractivity contribution in [2.75, 3.05) is 5.32 Å². The summed E-state index contributed by atoms with van der Waals surface area (Å²) >= 11 is 0. The number of carbonyl (C=O) groups excluding carboxylic acids is 1. The Labute approximate surface area is 101 Å². The van der Waals surface area contributed by atoms with Crippen LogP contribution in [0.4, 0.5) is 5.69 Å². The number of benzene rings is 1. The van der Waals surface area contributed by atoms with Crippen LogP contribution in [-0.4, -0.2) is 11.9 Å². The zero-order valence-corrected chi connectivity index (χ0v) is 9.73. The fourth-order valence-electron chi connectivity index (χ4n) is 2.04. The minimum Gasteiger partial charge on any atom is -0.324 e. The Bertz CT molecular complexity index is 464. The Balaban J connectivity index is 2.16. The number of anilines is 1. The van der Waals surface area contributed by atoms with Crippen LogP contribution in [0.2, 0.25) is 0 Å². The predicted molar refractivity (Wildman–Crippen MR) is 65.3 cm³/mol. The first-order valence-electron chi connectivity index (χ1n) is 5.79. The second-order valence-electron chi connectivity index (χ2n) is 4.14. The third-order valence-corrected chi connectivity index (χ3v) is 3.02. The molecule has 0 aromatic heterocycles. The van der Waals surface area contributed by atoms with Crippen molar-refractivity contribution in [2.24, 2.45) is 0 Å². The van der Waals surface area contributed by atoms with Gasteiger partial charge in [0.1, 0.15) is 6.04 Å². The average Bonchev–Trinajstić information content (AvgIpc) is 2.65. The van der Waals surface area contributed by atoms with E-state index in [0.717, 1.165) is 17.7 Å². The highest BCUT2D eigenvalue weighted by Gasteiger charge is 2.31. The maximum atomic E-state index is 11.8. The summed E-state index contributed by atoms with van der Waals surface area (Å²) < 4.78 is 0. The highest BCUT2D eigenvalue weighted by Crippen LogP contribution is 2.30.